The number of piperidine rings is 1. The predicted octanol–water partition coefficient (Wildman–Crippen LogP) is 1.68. The van der Waals surface area contributed by atoms with Gasteiger partial charge in [-0.2, -0.15) is 0 Å². The molecule has 2 aromatic carbocycles. The molecule has 3 amide bonds. The molecule has 2 aliphatic heterocycles. The van der Waals surface area contributed by atoms with Crippen molar-refractivity contribution in [3.63, 3.8) is 0 Å². The third-order valence-corrected chi connectivity index (χ3v) is 5.89. The Morgan fingerprint density at radius 1 is 1.03 bits per heavy atom. The number of carbonyl (C=O) groups excluding carboxylic acids is 4. The quantitative estimate of drug-likeness (QED) is 0.664. The standard InChI is InChI=1S/C24H24N2O5/c27-14-17-3-1-16(2-4-17)12-19(28)7-5-15-6-8-20-18(11-15)13-26(24(20)31)21-9-10-22(29)25-23(21)30/h1-4,6,8,11,21,27H,5,7,9-10,12-14H2,(H,25,29,30). The molecule has 0 spiro atoms. The van der Waals surface area contributed by atoms with E-state index in [1.165, 1.54) is 4.90 Å². The average molecular weight is 420 g/mol. The van der Waals surface area contributed by atoms with Gasteiger partial charge in [-0.1, -0.05) is 36.4 Å². The van der Waals surface area contributed by atoms with E-state index >= 15 is 0 Å². The summed E-state index contributed by atoms with van der Waals surface area (Å²) in [4.78, 5) is 50.1. The fourth-order valence-corrected chi connectivity index (χ4v) is 4.15. The minimum absolute atomic E-state index is 0.0178. The van der Waals surface area contributed by atoms with E-state index in [-0.39, 0.29) is 30.6 Å². The Bertz CT molecular complexity index is 1040. The number of fused-ring (bicyclic) bond motifs is 1. The lowest BCUT2D eigenvalue weighted by Crippen LogP contribution is -2.52. The first-order chi connectivity index (χ1) is 14.9. The van der Waals surface area contributed by atoms with Crippen molar-refractivity contribution in [2.24, 2.45) is 0 Å². The number of aryl methyl sites for hydroxylation is 1. The summed E-state index contributed by atoms with van der Waals surface area (Å²) in [7, 11) is 0. The number of aliphatic hydroxyl groups excluding tert-OH is 1. The summed E-state index contributed by atoms with van der Waals surface area (Å²) in [5, 5.41) is 11.4. The maximum atomic E-state index is 12.7. The predicted molar refractivity (Wildman–Crippen MR) is 112 cm³/mol. The highest BCUT2D eigenvalue weighted by Crippen LogP contribution is 2.28. The van der Waals surface area contributed by atoms with Gasteiger partial charge in [-0.3, -0.25) is 24.5 Å². The van der Waals surface area contributed by atoms with Gasteiger partial charge in [-0.05, 0) is 41.2 Å². The molecule has 1 atom stereocenters. The number of benzene rings is 2. The Morgan fingerprint density at radius 3 is 2.45 bits per heavy atom. The van der Waals surface area contributed by atoms with E-state index in [4.69, 9.17) is 5.11 Å². The lowest BCUT2D eigenvalue weighted by molar-refractivity contribution is -0.137. The Balaban J connectivity index is 1.36. The first-order valence-electron chi connectivity index (χ1n) is 10.4. The van der Waals surface area contributed by atoms with Gasteiger partial charge in [-0.25, -0.2) is 0 Å². The molecule has 2 heterocycles. The molecule has 2 aromatic rings. The summed E-state index contributed by atoms with van der Waals surface area (Å²) in [5.74, 6) is -0.797. The smallest absolute Gasteiger partial charge is 0.255 e. The monoisotopic (exact) mass is 420 g/mol. The molecular weight excluding hydrogens is 396 g/mol. The van der Waals surface area contributed by atoms with Crippen LogP contribution in [0.15, 0.2) is 42.5 Å². The van der Waals surface area contributed by atoms with Gasteiger partial charge in [0.25, 0.3) is 5.91 Å². The molecule has 0 radical (unpaired) electrons. The molecular formula is C24H24N2O5. The minimum Gasteiger partial charge on any atom is -0.392 e. The number of nitrogens with zero attached hydrogens (tertiary/aromatic N) is 1. The van der Waals surface area contributed by atoms with Crippen LogP contribution in [-0.2, 0) is 40.4 Å². The van der Waals surface area contributed by atoms with Gasteiger partial charge < -0.3 is 10.0 Å². The molecule has 2 aliphatic rings. The fourth-order valence-electron chi connectivity index (χ4n) is 4.15. The molecule has 1 unspecified atom stereocenters. The third kappa shape index (κ3) is 4.56. The van der Waals surface area contributed by atoms with Gasteiger partial charge in [0.05, 0.1) is 6.61 Å². The molecule has 4 rings (SSSR count). The molecule has 0 saturated carbocycles. The molecule has 31 heavy (non-hydrogen) atoms. The van der Waals surface area contributed by atoms with E-state index in [9.17, 15) is 19.2 Å². The van der Waals surface area contributed by atoms with Crippen LogP contribution in [0.5, 0.6) is 0 Å². The van der Waals surface area contributed by atoms with Gasteiger partial charge in [0, 0.05) is 31.4 Å². The number of ketones is 1. The number of hydrogen-bond acceptors (Lipinski definition) is 5. The van der Waals surface area contributed by atoms with Crippen LogP contribution in [0.2, 0.25) is 0 Å². The number of aliphatic hydroxyl groups is 1. The second-order valence-corrected chi connectivity index (χ2v) is 8.08. The second kappa shape index (κ2) is 8.81. The number of Topliss-reactive ketones (excluding diaryl/α,β-unsaturated/α-hetero) is 1. The fraction of sp³-hybridized carbons (Fsp3) is 0.333. The number of amides is 3. The van der Waals surface area contributed by atoms with Crippen LogP contribution in [0.25, 0.3) is 0 Å². The Morgan fingerprint density at radius 2 is 1.74 bits per heavy atom. The zero-order valence-electron chi connectivity index (χ0n) is 17.1. The zero-order chi connectivity index (χ0) is 22.0. The maximum absolute atomic E-state index is 12.7. The Hall–Kier alpha value is -3.32. The highest BCUT2D eigenvalue weighted by Gasteiger charge is 2.39. The zero-order valence-corrected chi connectivity index (χ0v) is 17.1. The van der Waals surface area contributed by atoms with Crippen molar-refractivity contribution < 1.29 is 24.3 Å². The topological polar surface area (TPSA) is 104 Å². The van der Waals surface area contributed by atoms with E-state index in [1.807, 2.05) is 36.4 Å². The number of rotatable bonds is 7. The summed E-state index contributed by atoms with van der Waals surface area (Å²) in [6, 6.07) is 12.3. The molecule has 1 fully saturated rings. The highest BCUT2D eigenvalue weighted by atomic mass is 16.3. The van der Waals surface area contributed by atoms with Crippen LogP contribution in [0.4, 0.5) is 0 Å². The van der Waals surface area contributed by atoms with E-state index in [2.05, 4.69) is 5.32 Å². The van der Waals surface area contributed by atoms with Crippen LogP contribution in [-0.4, -0.2) is 39.6 Å². The summed E-state index contributed by atoms with van der Waals surface area (Å²) in [6.07, 6.45) is 1.88. The SMILES string of the molecule is O=C(CCc1ccc2c(c1)CN(C1CCC(=O)NC1=O)C2=O)Cc1ccc(CO)cc1. The summed E-state index contributed by atoms with van der Waals surface area (Å²) >= 11 is 0. The van der Waals surface area contributed by atoms with Crippen molar-refractivity contribution in [2.75, 3.05) is 0 Å². The van der Waals surface area contributed by atoms with Crippen molar-refractivity contribution in [2.45, 2.75) is 51.3 Å². The summed E-state index contributed by atoms with van der Waals surface area (Å²) in [6.45, 7) is 0.315. The molecule has 1 saturated heterocycles. The van der Waals surface area contributed by atoms with Gasteiger partial charge >= 0.3 is 0 Å². The molecule has 2 N–H and O–H groups in total. The van der Waals surface area contributed by atoms with E-state index in [0.717, 1.165) is 22.3 Å². The van der Waals surface area contributed by atoms with Gasteiger partial charge in [-0.15, -0.1) is 0 Å². The van der Waals surface area contributed by atoms with Crippen LogP contribution < -0.4 is 5.32 Å². The number of hydrogen-bond donors (Lipinski definition) is 2. The van der Waals surface area contributed by atoms with Crippen molar-refractivity contribution >= 4 is 23.5 Å². The normalized spacial score (nSPS) is 18.2. The van der Waals surface area contributed by atoms with E-state index in [0.29, 0.717) is 37.8 Å². The third-order valence-electron chi connectivity index (χ3n) is 5.89. The highest BCUT2D eigenvalue weighted by molar-refractivity contribution is 6.05. The average Bonchev–Trinajstić information content (AvgIpc) is 3.08. The Kier molecular flexibility index (Phi) is 5.95. The van der Waals surface area contributed by atoms with Crippen LogP contribution in [0.1, 0.15) is 51.9 Å². The first kappa shape index (κ1) is 20.9. The van der Waals surface area contributed by atoms with Crippen molar-refractivity contribution in [1.82, 2.24) is 10.2 Å². The van der Waals surface area contributed by atoms with Gasteiger partial charge in [0.1, 0.15) is 11.8 Å². The molecule has 0 aromatic heterocycles. The summed E-state index contributed by atoms with van der Waals surface area (Å²) < 4.78 is 0. The summed E-state index contributed by atoms with van der Waals surface area (Å²) in [5.41, 5.74) is 4.13. The maximum Gasteiger partial charge on any atom is 0.255 e. The molecule has 160 valence electrons. The number of carbonyl (C=O) groups is 4. The van der Waals surface area contributed by atoms with Crippen LogP contribution >= 0.6 is 0 Å². The van der Waals surface area contributed by atoms with E-state index < -0.39 is 11.9 Å². The first-order valence-corrected chi connectivity index (χ1v) is 10.4. The van der Waals surface area contributed by atoms with Crippen LogP contribution in [0, 0.1) is 0 Å². The van der Waals surface area contributed by atoms with E-state index in [1.54, 1.807) is 6.07 Å². The number of nitrogens with one attached hydrogen (secondary N) is 1. The number of imide groups is 1. The van der Waals surface area contributed by atoms with Crippen molar-refractivity contribution in [1.29, 1.82) is 0 Å². The van der Waals surface area contributed by atoms with Crippen LogP contribution in [0.3, 0.4) is 0 Å². The largest absolute Gasteiger partial charge is 0.392 e. The molecule has 7 heteroatoms. The lowest BCUT2D eigenvalue weighted by atomic mass is 9.99. The Labute approximate surface area is 180 Å². The van der Waals surface area contributed by atoms with Crippen molar-refractivity contribution in [3.05, 3.63) is 70.3 Å². The minimum atomic E-state index is -0.625. The van der Waals surface area contributed by atoms with Gasteiger partial charge in [0.15, 0.2) is 0 Å². The lowest BCUT2D eigenvalue weighted by Gasteiger charge is -2.29. The van der Waals surface area contributed by atoms with Gasteiger partial charge in [0.2, 0.25) is 11.8 Å². The molecule has 7 nitrogen and oxygen atoms in total. The van der Waals surface area contributed by atoms with Crippen molar-refractivity contribution in [3.8, 4) is 0 Å². The molecule has 0 bridgehead atoms. The molecule has 0 aliphatic carbocycles. The second-order valence-electron chi connectivity index (χ2n) is 8.08.